The number of benzene rings is 1. The zero-order chi connectivity index (χ0) is 20.2. The molecule has 28 heavy (non-hydrogen) atoms. The van der Waals surface area contributed by atoms with Crippen LogP contribution in [0.2, 0.25) is 0 Å². The lowest BCUT2D eigenvalue weighted by molar-refractivity contribution is 0.192. The number of halogens is 2. The Morgan fingerprint density at radius 2 is 1.57 bits per heavy atom. The van der Waals surface area contributed by atoms with Gasteiger partial charge in [0.05, 0.1) is 0 Å². The Balaban J connectivity index is 2.00. The quantitative estimate of drug-likeness (QED) is 0.309. The summed E-state index contributed by atoms with van der Waals surface area (Å²) in [7, 11) is 1.72. The van der Waals surface area contributed by atoms with E-state index in [-0.39, 0.29) is 5.41 Å². The van der Waals surface area contributed by atoms with Crippen LogP contribution in [0, 0.1) is 11.6 Å². The fourth-order valence-electron chi connectivity index (χ4n) is 4.88. The standard InChI is InChI=1S/C25H40F2O/c1-3-4-10-17-25(18-11-8-12-19-25)22-16-15-21(23(26)24(22)27)14-9-6-5-7-13-20-28-2/h15-16H,3-14,17-20H2,1-2H3. The summed E-state index contributed by atoms with van der Waals surface area (Å²) in [5.41, 5.74) is 1.07. The summed E-state index contributed by atoms with van der Waals surface area (Å²) < 4.78 is 35.0. The summed E-state index contributed by atoms with van der Waals surface area (Å²) in [6.45, 7) is 3.00. The first kappa shape index (κ1) is 23.3. The average Bonchev–Trinajstić information content (AvgIpc) is 2.71. The largest absolute Gasteiger partial charge is 0.385 e. The molecule has 0 heterocycles. The van der Waals surface area contributed by atoms with Crippen molar-refractivity contribution in [2.45, 2.75) is 109 Å². The highest BCUT2D eigenvalue weighted by molar-refractivity contribution is 5.33. The Labute approximate surface area is 171 Å². The van der Waals surface area contributed by atoms with E-state index in [0.717, 1.165) is 83.7 Å². The Hall–Kier alpha value is -0.960. The van der Waals surface area contributed by atoms with Crippen LogP contribution >= 0.6 is 0 Å². The molecule has 160 valence electrons. The summed E-state index contributed by atoms with van der Waals surface area (Å²) in [6, 6.07) is 3.79. The Bertz CT molecular complexity index is 564. The number of ether oxygens (including phenoxy) is 1. The Morgan fingerprint density at radius 3 is 2.29 bits per heavy atom. The zero-order valence-electron chi connectivity index (χ0n) is 18.1. The molecule has 0 aromatic heterocycles. The van der Waals surface area contributed by atoms with Crippen molar-refractivity contribution in [3.8, 4) is 0 Å². The maximum atomic E-state index is 15.1. The third kappa shape index (κ3) is 6.54. The van der Waals surface area contributed by atoms with E-state index in [1.54, 1.807) is 7.11 Å². The van der Waals surface area contributed by atoms with E-state index in [9.17, 15) is 4.39 Å². The SMILES string of the molecule is CCCCCC1(c2ccc(CCCCCCCOC)c(F)c2F)CCCCC1. The third-order valence-corrected chi connectivity index (χ3v) is 6.60. The summed E-state index contributed by atoms with van der Waals surface area (Å²) in [5, 5.41) is 0. The maximum absolute atomic E-state index is 15.1. The molecule has 0 unspecified atom stereocenters. The van der Waals surface area contributed by atoms with Gasteiger partial charge in [0.25, 0.3) is 0 Å². The molecule has 0 atom stereocenters. The van der Waals surface area contributed by atoms with Crippen LogP contribution in [0.1, 0.15) is 108 Å². The molecule has 1 aromatic rings. The fourth-order valence-corrected chi connectivity index (χ4v) is 4.88. The van der Waals surface area contributed by atoms with Crippen molar-refractivity contribution in [2.24, 2.45) is 0 Å². The lowest BCUT2D eigenvalue weighted by atomic mass is 9.66. The highest BCUT2D eigenvalue weighted by Crippen LogP contribution is 2.45. The monoisotopic (exact) mass is 394 g/mol. The summed E-state index contributed by atoms with van der Waals surface area (Å²) in [4.78, 5) is 0. The topological polar surface area (TPSA) is 9.23 Å². The van der Waals surface area contributed by atoms with Gasteiger partial charge in [-0.1, -0.05) is 76.8 Å². The van der Waals surface area contributed by atoms with Gasteiger partial charge in [-0.2, -0.15) is 0 Å². The van der Waals surface area contributed by atoms with Gasteiger partial charge in [0, 0.05) is 13.7 Å². The van der Waals surface area contributed by atoms with Gasteiger partial charge in [-0.25, -0.2) is 8.78 Å². The summed E-state index contributed by atoms with van der Waals surface area (Å²) in [5.74, 6) is -1.15. The highest BCUT2D eigenvalue weighted by Gasteiger charge is 2.36. The second-order valence-electron chi connectivity index (χ2n) is 8.71. The molecule has 0 amide bonds. The van der Waals surface area contributed by atoms with Crippen LogP contribution in [0.25, 0.3) is 0 Å². The number of hydrogen-bond donors (Lipinski definition) is 0. The molecule has 1 saturated carbocycles. The number of hydrogen-bond acceptors (Lipinski definition) is 1. The van der Waals surface area contributed by atoms with Gasteiger partial charge in [-0.05, 0) is 55.1 Å². The summed E-state index contributed by atoms with van der Waals surface area (Å²) >= 11 is 0. The normalized spacial score (nSPS) is 16.4. The van der Waals surface area contributed by atoms with E-state index in [1.807, 2.05) is 12.1 Å². The van der Waals surface area contributed by atoms with Crippen LogP contribution in [0.5, 0.6) is 0 Å². The van der Waals surface area contributed by atoms with E-state index in [0.29, 0.717) is 17.5 Å². The molecule has 0 aliphatic heterocycles. The molecule has 0 bridgehead atoms. The fraction of sp³-hybridized carbons (Fsp3) is 0.760. The van der Waals surface area contributed by atoms with Crippen LogP contribution in [-0.2, 0) is 16.6 Å². The van der Waals surface area contributed by atoms with Gasteiger partial charge in [0.15, 0.2) is 11.6 Å². The Kier molecular flexibility index (Phi) is 10.5. The second kappa shape index (κ2) is 12.6. The maximum Gasteiger partial charge on any atom is 0.162 e. The number of unbranched alkanes of at least 4 members (excludes halogenated alkanes) is 6. The van der Waals surface area contributed by atoms with E-state index in [2.05, 4.69) is 6.92 Å². The molecule has 1 aliphatic carbocycles. The van der Waals surface area contributed by atoms with Crippen molar-refractivity contribution in [1.82, 2.24) is 0 Å². The molecular weight excluding hydrogens is 354 g/mol. The molecule has 0 radical (unpaired) electrons. The molecular formula is C25H40F2O. The number of rotatable bonds is 13. The van der Waals surface area contributed by atoms with Gasteiger partial charge in [0.2, 0.25) is 0 Å². The second-order valence-corrected chi connectivity index (χ2v) is 8.71. The minimum Gasteiger partial charge on any atom is -0.385 e. The van der Waals surface area contributed by atoms with Gasteiger partial charge < -0.3 is 4.74 Å². The van der Waals surface area contributed by atoms with Crippen molar-refractivity contribution in [2.75, 3.05) is 13.7 Å². The number of methoxy groups -OCH3 is 1. The first-order valence-corrected chi connectivity index (χ1v) is 11.6. The first-order valence-electron chi connectivity index (χ1n) is 11.6. The van der Waals surface area contributed by atoms with Crippen LogP contribution in [0.4, 0.5) is 8.78 Å². The van der Waals surface area contributed by atoms with Gasteiger partial charge in [0.1, 0.15) is 0 Å². The molecule has 0 saturated heterocycles. The molecule has 0 spiro atoms. The average molecular weight is 395 g/mol. The predicted octanol–water partition coefficient (Wildman–Crippen LogP) is 7.89. The van der Waals surface area contributed by atoms with E-state index in [1.165, 1.54) is 12.8 Å². The van der Waals surface area contributed by atoms with E-state index >= 15 is 4.39 Å². The smallest absolute Gasteiger partial charge is 0.162 e. The van der Waals surface area contributed by atoms with Gasteiger partial charge >= 0.3 is 0 Å². The van der Waals surface area contributed by atoms with Crippen molar-refractivity contribution in [1.29, 1.82) is 0 Å². The van der Waals surface area contributed by atoms with Crippen LogP contribution in [0.3, 0.4) is 0 Å². The lowest BCUT2D eigenvalue weighted by Gasteiger charge is -2.38. The highest BCUT2D eigenvalue weighted by atomic mass is 19.2. The molecule has 0 N–H and O–H groups in total. The van der Waals surface area contributed by atoms with E-state index < -0.39 is 11.6 Å². The van der Waals surface area contributed by atoms with E-state index in [4.69, 9.17) is 4.74 Å². The molecule has 3 heteroatoms. The van der Waals surface area contributed by atoms with Crippen LogP contribution < -0.4 is 0 Å². The van der Waals surface area contributed by atoms with Crippen LogP contribution in [-0.4, -0.2) is 13.7 Å². The minimum atomic E-state index is -0.586. The molecule has 2 rings (SSSR count). The van der Waals surface area contributed by atoms with Crippen molar-refractivity contribution in [3.63, 3.8) is 0 Å². The predicted molar refractivity (Wildman–Crippen MR) is 114 cm³/mol. The first-order chi connectivity index (χ1) is 13.6. The van der Waals surface area contributed by atoms with Crippen LogP contribution in [0.15, 0.2) is 12.1 Å². The van der Waals surface area contributed by atoms with Crippen molar-refractivity contribution < 1.29 is 13.5 Å². The molecule has 1 nitrogen and oxygen atoms in total. The lowest BCUT2D eigenvalue weighted by Crippen LogP contribution is -2.30. The Morgan fingerprint density at radius 1 is 0.857 bits per heavy atom. The number of aryl methyl sites for hydroxylation is 1. The van der Waals surface area contributed by atoms with Gasteiger partial charge in [-0.15, -0.1) is 0 Å². The minimum absolute atomic E-state index is 0.141. The van der Waals surface area contributed by atoms with Crippen molar-refractivity contribution in [3.05, 3.63) is 34.9 Å². The molecule has 1 fully saturated rings. The molecule has 1 aliphatic rings. The summed E-state index contributed by atoms with van der Waals surface area (Å²) in [6.07, 6.45) is 15.9. The third-order valence-electron chi connectivity index (χ3n) is 6.60. The zero-order valence-corrected chi connectivity index (χ0v) is 18.1. The molecule has 1 aromatic carbocycles. The van der Waals surface area contributed by atoms with Crippen molar-refractivity contribution >= 4 is 0 Å². The van der Waals surface area contributed by atoms with Gasteiger partial charge in [-0.3, -0.25) is 0 Å².